The standard InChI is InChI=1S/C18H23NO2/c1-17(2)15-9-10-18(17,3)16(20)14(15)11-19-12-5-7-13(21-4)8-6-12/h5-8,11,15,19H,9-10H2,1-4H3/b14-11-/t15-,18+/m0/s1. The summed E-state index contributed by atoms with van der Waals surface area (Å²) in [5, 5.41) is 3.27. The molecule has 0 radical (unpaired) electrons. The molecule has 1 N–H and O–H groups in total. The van der Waals surface area contributed by atoms with E-state index in [-0.39, 0.29) is 10.8 Å². The zero-order valence-electron chi connectivity index (χ0n) is 13.2. The Bertz CT molecular complexity index is 600. The van der Waals surface area contributed by atoms with Crippen molar-refractivity contribution in [2.45, 2.75) is 33.6 Å². The molecule has 2 saturated carbocycles. The van der Waals surface area contributed by atoms with E-state index in [0.29, 0.717) is 11.7 Å². The number of carbonyl (C=O) groups is 1. The van der Waals surface area contributed by atoms with Crippen LogP contribution in [0.1, 0.15) is 33.6 Å². The fourth-order valence-corrected chi connectivity index (χ4v) is 3.94. The summed E-state index contributed by atoms with van der Waals surface area (Å²) in [4.78, 5) is 12.7. The molecule has 0 unspecified atom stereocenters. The number of allylic oxidation sites excluding steroid dienone is 1. The van der Waals surface area contributed by atoms with Gasteiger partial charge in [-0.2, -0.15) is 0 Å². The molecular weight excluding hydrogens is 262 g/mol. The lowest BCUT2D eigenvalue weighted by atomic mass is 9.70. The van der Waals surface area contributed by atoms with Crippen LogP contribution >= 0.6 is 0 Å². The largest absolute Gasteiger partial charge is 0.497 e. The molecule has 0 amide bonds. The van der Waals surface area contributed by atoms with Crippen molar-refractivity contribution in [2.75, 3.05) is 12.4 Å². The summed E-state index contributed by atoms with van der Waals surface area (Å²) in [7, 11) is 1.65. The molecule has 2 atom stereocenters. The first-order chi connectivity index (χ1) is 9.90. The zero-order valence-corrected chi connectivity index (χ0v) is 13.2. The third kappa shape index (κ3) is 1.90. The molecule has 2 aliphatic carbocycles. The Kier molecular flexibility index (Phi) is 3.12. The van der Waals surface area contributed by atoms with E-state index in [4.69, 9.17) is 4.74 Å². The molecule has 2 bridgehead atoms. The van der Waals surface area contributed by atoms with E-state index in [1.807, 2.05) is 30.5 Å². The van der Waals surface area contributed by atoms with Crippen LogP contribution in [0.4, 0.5) is 5.69 Å². The predicted octanol–water partition coefficient (Wildman–Crippen LogP) is 4.02. The number of ether oxygens (including phenoxy) is 1. The van der Waals surface area contributed by atoms with Gasteiger partial charge in [0.2, 0.25) is 0 Å². The third-order valence-electron chi connectivity index (χ3n) is 5.85. The average molecular weight is 285 g/mol. The monoisotopic (exact) mass is 285 g/mol. The van der Waals surface area contributed by atoms with Crippen molar-refractivity contribution in [1.29, 1.82) is 0 Å². The molecule has 3 nitrogen and oxygen atoms in total. The minimum absolute atomic E-state index is 0.0670. The highest BCUT2D eigenvalue weighted by molar-refractivity contribution is 6.04. The number of methoxy groups -OCH3 is 1. The number of hydrogen-bond donors (Lipinski definition) is 1. The number of carbonyl (C=O) groups excluding carboxylic acids is 1. The van der Waals surface area contributed by atoms with Gasteiger partial charge in [-0.25, -0.2) is 0 Å². The van der Waals surface area contributed by atoms with Gasteiger partial charge in [0.05, 0.1) is 7.11 Å². The van der Waals surface area contributed by atoms with Crippen molar-refractivity contribution < 1.29 is 9.53 Å². The maximum Gasteiger partial charge on any atom is 0.167 e. The first-order valence-corrected chi connectivity index (χ1v) is 7.55. The summed E-state index contributed by atoms with van der Waals surface area (Å²) in [6.07, 6.45) is 4.05. The quantitative estimate of drug-likeness (QED) is 0.853. The van der Waals surface area contributed by atoms with Crippen LogP contribution in [-0.4, -0.2) is 12.9 Å². The molecular formula is C18H23NO2. The van der Waals surface area contributed by atoms with Gasteiger partial charge in [0.25, 0.3) is 0 Å². The summed E-state index contributed by atoms with van der Waals surface area (Å²) in [6.45, 7) is 6.59. The number of fused-ring (bicyclic) bond motifs is 2. The van der Waals surface area contributed by atoms with Crippen LogP contribution in [0.2, 0.25) is 0 Å². The summed E-state index contributed by atoms with van der Waals surface area (Å²) in [5.74, 6) is 1.53. The number of benzene rings is 1. The summed E-state index contributed by atoms with van der Waals surface area (Å²) >= 11 is 0. The lowest BCUT2D eigenvalue weighted by Crippen LogP contribution is -2.32. The van der Waals surface area contributed by atoms with Crippen LogP contribution in [0.5, 0.6) is 5.75 Å². The molecule has 0 heterocycles. The Labute approximate surface area is 126 Å². The Morgan fingerprint density at radius 2 is 1.90 bits per heavy atom. The molecule has 3 heteroatoms. The van der Waals surface area contributed by atoms with Gasteiger partial charge in [-0.15, -0.1) is 0 Å². The minimum Gasteiger partial charge on any atom is -0.497 e. The lowest BCUT2D eigenvalue weighted by molar-refractivity contribution is -0.125. The van der Waals surface area contributed by atoms with E-state index in [1.54, 1.807) is 7.11 Å². The van der Waals surface area contributed by atoms with Crippen molar-refractivity contribution in [3.8, 4) is 5.75 Å². The van der Waals surface area contributed by atoms with Gasteiger partial charge in [-0.05, 0) is 48.4 Å². The van der Waals surface area contributed by atoms with Gasteiger partial charge in [0.15, 0.2) is 5.78 Å². The van der Waals surface area contributed by atoms with Crippen LogP contribution in [0.25, 0.3) is 0 Å². The van der Waals surface area contributed by atoms with E-state index in [1.165, 1.54) is 0 Å². The molecule has 0 saturated heterocycles. The smallest absolute Gasteiger partial charge is 0.167 e. The van der Waals surface area contributed by atoms with Gasteiger partial charge < -0.3 is 10.1 Å². The van der Waals surface area contributed by atoms with Gasteiger partial charge >= 0.3 is 0 Å². The summed E-state index contributed by atoms with van der Waals surface area (Å²) in [5.41, 5.74) is 1.81. The van der Waals surface area contributed by atoms with Crippen LogP contribution in [0.15, 0.2) is 36.0 Å². The van der Waals surface area contributed by atoms with E-state index >= 15 is 0 Å². The molecule has 1 aromatic carbocycles. The minimum atomic E-state index is -0.189. The van der Waals surface area contributed by atoms with E-state index in [2.05, 4.69) is 26.1 Å². The molecule has 21 heavy (non-hydrogen) atoms. The van der Waals surface area contributed by atoms with Crippen molar-refractivity contribution in [2.24, 2.45) is 16.7 Å². The summed E-state index contributed by atoms with van der Waals surface area (Å²) < 4.78 is 5.15. The molecule has 0 aliphatic heterocycles. The second kappa shape index (κ2) is 4.62. The average Bonchev–Trinajstić information content (AvgIpc) is 2.78. The Hall–Kier alpha value is -1.77. The van der Waals surface area contributed by atoms with Crippen LogP contribution in [0, 0.1) is 16.7 Å². The fourth-order valence-electron chi connectivity index (χ4n) is 3.94. The first-order valence-electron chi connectivity index (χ1n) is 7.55. The van der Waals surface area contributed by atoms with E-state index in [0.717, 1.165) is 29.9 Å². The Balaban J connectivity index is 1.83. The molecule has 112 valence electrons. The molecule has 2 fully saturated rings. The lowest BCUT2D eigenvalue weighted by Gasteiger charge is -2.31. The molecule has 1 aromatic rings. The Morgan fingerprint density at radius 3 is 2.43 bits per heavy atom. The normalized spacial score (nSPS) is 31.7. The fraction of sp³-hybridized carbons (Fsp3) is 0.500. The SMILES string of the molecule is COc1ccc(N/C=C2\C(=O)[C@@]3(C)CC[C@@H]2C3(C)C)cc1. The highest BCUT2D eigenvalue weighted by Gasteiger charge is 2.63. The number of ketones is 1. The molecule has 3 rings (SSSR count). The highest BCUT2D eigenvalue weighted by Crippen LogP contribution is 2.65. The number of anilines is 1. The van der Waals surface area contributed by atoms with Crippen LogP contribution < -0.4 is 10.1 Å². The Morgan fingerprint density at radius 1 is 1.24 bits per heavy atom. The van der Waals surface area contributed by atoms with Crippen LogP contribution in [-0.2, 0) is 4.79 Å². The molecule has 0 spiro atoms. The van der Waals surface area contributed by atoms with Gasteiger partial charge in [-0.3, -0.25) is 4.79 Å². The number of nitrogens with one attached hydrogen (secondary N) is 1. The topological polar surface area (TPSA) is 38.3 Å². The second-order valence-corrected chi connectivity index (χ2v) is 6.95. The van der Waals surface area contributed by atoms with Crippen LogP contribution in [0.3, 0.4) is 0 Å². The number of Topliss-reactive ketones (excluding diaryl/α,β-unsaturated/α-hetero) is 1. The van der Waals surface area contributed by atoms with Crippen molar-refractivity contribution in [3.63, 3.8) is 0 Å². The van der Waals surface area contributed by atoms with Crippen molar-refractivity contribution in [3.05, 3.63) is 36.0 Å². The van der Waals surface area contributed by atoms with Crippen molar-refractivity contribution >= 4 is 11.5 Å². The summed E-state index contributed by atoms with van der Waals surface area (Å²) in [6, 6.07) is 7.74. The first kappa shape index (κ1) is 14.2. The maximum absolute atomic E-state index is 12.7. The number of rotatable bonds is 3. The van der Waals surface area contributed by atoms with Gasteiger partial charge in [-0.1, -0.05) is 20.8 Å². The maximum atomic E-state index is 12.7. The number of hydrogen-bond acceptors (Lipinski definition) is 3. The highest BCUT2D eigenvalue weighted by atomic mass is 16.5. The van der Waals surface area contributed by atoms with Gasteiger partial charge in [0.1, 0.15) is 5.75 Å². The van der Waals surface area contributed by atoms with Gasteiger partial charge in [0, 0.05) is 22.9 Å². The second-order valence-electron chi connectivity index (χ2n) is 6.95. The van der Waals surface area contributed by atoms with Crippen molar-refractivity contribution in [1.82, 2.24) is 0 Å². The van der Waals surface area contributed by atoms with E-state index in [9.17, 15) is 4.79 Å². The molecule has 0 aromatic heterocycles. The van der Waals surface area contributed by atoms with E-state index < -0.39 is 0 Å². The third-order valence-corrected chi connectivity index (χ3v) is 5.85. The molecule has 2 aliphatic rings. The predicted molar refractivity (Wildman–Crippen MR) is 84.3 cm³/mol. The zero-order chi connectivity index (χ0) is 15.3.